The van der Waals surface area contributed by atoms with Crippen LogP contribution in [0.5, 0.6) is 5.75 Å². The molecule has 1 saturated carbocycles. The lowest BCUT2D eigenvalue weighted by Crippen LogP contribution is -2.36. The molecule has 0 unspecified atom stereocenters. The maximum atomic E-state index is 12.9. The van der Waals surface area contributed by atoms with E-state index in [0.29, 0.717) is 12.1 Å². The van der Waals surface area contributed by atoms with Gasteiger partial charge in [-0.05, 0) is 56.0 Å². The summed E-state index contributed by atoms with van der Waals surface area (Å²) in [5.41, 5.74) is 1.21. The van der Waals surface area contributed by atoms with Crippen molar-refractivity contribution in [2.75, 3.05) is 6.54 Å². The first-order valence-corrected chi connectivity index (χ1v) is 9.17. The Morgan fingerprint density at radius 1 is 1.00 bits per heavy atom. The van der Waals surface area contributed by atoms with Crippen molar-refractivity contribution < 1.29 is 18.7 Å². The summed E-state index contributed by atoms with van der Waals surface area (Å²) in [5, 5.41) is 5.31. The number of nitrogens with one attached hydrogen (secondary N) is 2. The molecule has 2 amide bonds. The lowest BCUT2D eigenvalue weighted by molar-refractivity contribution is -0.120. The number of amides is 2. The normalized spacial score (nSPS) is 14.0. The summed E-state index contributed by atoms with van der Waals surface area (Å²) in [5.74, 6) is -0.348. The SMILES string of the molecule is O=C(CNC(=O)c1ccc(F)cc1)NCc1ccccc1OC1CCCC1. The van der Waals surface area contributed by atoms with Gasteiger partial charge < -0.3 is 15.4 Å². The molecule has 2 aromatic carbocycles. The third-order valence-corrected chi connectivity index (χ3v) is 4.56. The second-order valence-corrected chi connectivity index (χ2v) is 6.60. The van der Waals surface area contributed by atoms with Gasteiger partial charge in [0.15, 0.2) is 0 Å². The average Bonchev–Trinajstić information content (AvgIpc) is 3.19. The third kappa shape index (κ3) is 5.54. The summed E-state index contributed by atoms with van der Waals surface area (Å²) in [6.45, 7) is 0.177. The minimum absolute atomic E-state index is 0.151. The van der Waals surface area contributed by atoms with Crippen molar-refractivity contribution in [1.29, 1.82) is 0 Å². The fraction of sp³-hybridized carbons (Fsp3) is 0.333. The van der Waals surface area contributed by atoms with Gasteiger partial charge in [-0.15, -0.1) is 0 Å². The summed E-state index contributed by atoms with van der Waals surface area (Å²) in [7, 11) is 0. The van der Waals surface area contributed by atoms with E-state index in [1.54, 1.807) is 0 Å². The topological polar surface area (TPSA) is 67.4 Å². The first kappa shape index (κ1) is 18.9. The van der Waals surface area contributed by atoms with E-state index in [9.17, 15) is 14.0 Å². The quantitative estimate of drug-likeness (QED) is 0.787. The van der Waals surface area contributed by atoms with Crippen molar-refractivity contribution >= 4 is 11.8 Å². The number of carbonyl (C=O) groups is 2. The zero-order valence-corrected chi connectivity index (χ0v) is 15.0. The van der Waals surface area contributed by atoms with Crippen LogP contribution < -0.4 is 15.4 Å². The van der Waals surface area contributed by atoms with Crippen LogP contribution in [0.25, 0.3) is 0 Å². The second kappa shape index (κ2) is 9.16. The van der Waals surface area contributed by atoms with E-state index in [0.717, 1.165) is 24.2 Å². The number of rotatable bonds is 7. The van der Waals surface area contributed by atoms with Gasteiger partial charge in [-0.2, -0.15) is 0 Å². The molecule has 6 heteroatoms. The lowest BCUT2D eigenvalue weighted by Gasteiger charge is -2.17. The third-order valence-electron chi connectivity index (χ3n) is 4.56. The molecule has 0 heterocycles. The molecule has 1 aliphatic carbocycles. The number of ether oxygens (including phenoxy) is 1. The summed E-state index contributed by atoms with van der Waals surface area (Å²) < 4.78 is 18.9. The standard InChI is InChI=1S/C21H23FN2O3/c22-17-11-9-15(10-12-17)21(26)24-14-20(25)23-13-16-5-1-4-8-19(16)27-18-6-2-3-7-18/h1,4-5,8-12,18H,2-3,6-7,13-14H2,(H,23,25)(H,24,26). The van der Waals surface area contributed by atoms with Crippen LogP contribution in [0.3, 0.4) is 0 Å². The van der Waals surface area contributed by atoms with E-state index in [1.165, 1.54) is 37.1 Å². The first-order valence-electron chi connectivity index (χ1n) is 9.17. The van der Waals surface area contributed by atoms with Crippen LogP contribution in [0, 0.1) is 5.82 Å². The van der Waals surface area contributed by atoms with Gasteiger partial charge in [-0.3, -0.25) is 9.59 Å². The molecule has 27 heavy (non-hydrogen) atoms. The van der Waals surface area contributed by atoms with Gasteiger partial charge in [-0.25, -0.2) is 4.39 Å². The molecule has 0 saturated heterocycles. The Labute approximate surface area is 157 Å². The maximum Gasteiger partial charge on any atom is 0.251 e. The summed E-state index contributed by atoms with van der Waals surface area (Å²) in [6, 6.07) is 12.8. The van der Waals surface area contributed by atoms with E-state index in [-0.39, 0.29) is 18.6 Å². The molecular formula is C21H23FN2O3. The first-order chi connectivity index (χ1) is 13.1. The van der Waals surface area contributed by atoms with E-state index >= 15 is 0 Å². The second-order valence-electron chi connectivity index (χ2n) is 6.60. The smallest absolute Gasteiger partial charge is 0.251 e. The summed E-state index contributed by atoms with van der Waals surface area (Å²) >= 11 is 0. The highest BCUT2D eigenvalue weighted by Crippen LogP contribution is 2.26. The van der Waals surface area contributed by atoms with Gasteiger partial charge in [0.05, 0.1) is 12.6 Å². The number of para-hydroxylation sites is 1. The van der Waals surface area contributed by atoms with Crippen molar-refractivity contribution in [1.82, 2.24) is 10.6 Å². The molecule has 2 aromatic rings. The monoisotopic (exact) mass is 370 g/mol. The zero-order valence-electron chi connectivity index (χ0n) is 15.0. The van der Waals surface area contributed by atoms with Gasteiger partial charge in [0.2, 0.25) is 5.91 Å². The van der Waals surface area contributed by atoms with Crippen LogP contribution in [-0.4, -0.2) is 24.5 Å². The van der Waals surface area contributed by atoms with Crippen molar-refractivity contribution in [3.63, 3.8) is 0 Å². The van der Waals surface area contributed by atoms with Gasteiger partial charge in [-0.1, -0.05) is 18.2 Å². The number of hydrogen-bond acceptors (Lipinski definition) is 3. The summed E-state index contributed by atoms with van der Waals surface area (Å²) in [4.78, 5) is 24.0. The minimum atomic E-state index is -0.421. The van der Waals surface area contributed by atoms with Crippen LogP contribution in [0.15, 0.2) is 48.5 Å². The van der Waals surface area contributed by atoms with Crippen molar-refractivity contribution in [3.05, 3.63) is 65.5 Å². The average molecular weight is 370 g/mol. The van der Waals surface area contributed by atoms with Crippen molar-refractivity contribution in [2.45, 2.75) is 38.3 Å². The largest absolute Gasteiger partial charge is 0.490 e. The molecule has 0 radical (unpaired) electrons. The molecule has 0 aliphatic heterocycles. The molecule has 0 spiro atoms. The number of carbonyl (C=O) groups excluding carboxylic acids is 2. The van der Waals surface area contributed by atoms with Gasteiger partial charge in [0.25, 0.3) is 5.91 Å². The Balaban J connectivity index is 1.47. The van der Waals surface area contributed by atoms with Gasteiger partial charge in [0.1, 0.15) is 11.6 Å². The van der Waals surface area contributed by atoms with Crippen LogP contribution in [0.2, 0.25) is 0 Å². The number of hydrogen-bond donors (Lipinski definition) is 2. The Morgan fingerprint density at radius 2 is 1.70 bits per heavy atom. The Hall–Kier alpha value is -2.89. The van der Waals surface area contributed by atoms with Gasteiger partial charge in [0, 0.05) is 17.7 Å². The van der Waals surface area contributed by atoms with Crippen LogP contribution in [-0.2, 0) is 11.3 Å². The minimum Gasteiger partial charge on any atom is -0.490 e. The predicted molar refractivity (Wildman–Crippen MR) is 99.9 cm³/mol. The van der Waals surface area contributed by atoms with Gasteiger partial charge >= 0.3 is 0 Å². The Bertz CT molecular complexity index is 786. The highest BCUT2D eigenvalue weighted by molar-refractivity contribution is 5.96. The van der Waals surface area contributed by atoms with Crippen LogP contribution in [0.4, 0.5) is 4.39 Å². The predicted octanol–water partition coefficient (Wildman–Crippen LogP) is 3.19. The molecular weight excluding hydrogens is 347 g/mol. The molecule has 5 nitrogen and oxygen atoms in total. The molecule has 1 aliphatic rings. The van der Waals surface area contributed by atoms with E-state index in [4.69, 9.17) is 4.74 Å². The van der Waals surface area contributed by atoms with E-state index < -0.39 is 11.7 Å². The molecule has 142 valence electrons. The Kier molecular flexibility index (Phi) is 6.41. The van der Waals surface area contributed by atoms with Crippen LogP contribution in [0.1, 0.15) is 41.6 Å². The lowest BCUT2D eigenvalue weighted by atomic mass is 10.2. The zero-order chi connectivity index (χ0) is 19.1. The molecule has 0 aromatic heterocycles. The van der Waals surface area contributed by atoms with Crippen LogP contribution >= 0.6 is 0 Å². The summed E-state index contributed by atoms with van der Waals surface area (Å²) in [6.07, 6.45) is 4.76. The van der Waals surface area contributed by atoms with E-state index in [1.807, 2.05) is 24.3 Å². The highest BCUT2D eigenvalue weighted by atomic mass is 19.1. The maximum absolute atomic E-state index is 12.9. The molecule has 3 rings (SSSR count). The molecule has 0 atom stereocenters. The fourth-order valence-corrected chi connectivity index (χ4v) is 3.07. The van der Waals surface area contributed by atoms with Crippen molar-refractivity contribution in [2.24, 2.45) is 0 Å². The number of benzene rings is 2. The van der Waals surface area contributed by atoms with E-state index in [2.05, 4.69) is 10.6 Å². The highest BCUT2D eigenvalue weighted by Gasteiger charge is 2.18. The van der Waals surface area contributed by atoms with Crippen molar-refractivity contribution in [3.8, 4) is 5.75 Å². The molecule has 2 N–H and O–H groups in total. The molecule has 1 fully saturated rings. The fourth-order valence-electron chi connectivity index (χ4n) is 3.07. The Morgan fingerprint density at radius 3 is 2.44 bits per heavy atom. The molecule has 0 bridgehead atoms. The number of halogens is 1.